The minimum absolute atomic E-state index is 0.266. The van der Waals surface area contributed by atoms with Crippen LogP contribution in [0, 0.1) is 11.3 Å². The summed E-state index contributed by atoms with van der Waals surface area (Å²) in [6.07, 6.45) is 0. The molecular weight excluding hydrogens is 358 g/mol. The molecule has 0 aliphatic carbocycles. The number of H-pyrrole nitrogens is 1. The summed E-state index contributed by atoms with van der Waals surface area (Å²) < 4.78 is 12.4. The first-order valence-electron chi connectivity index (χ1n) is 8.45. The van der Waals surface area contributed by atoms with E-state index in [9.17, 15) is 10.1 Å². The van der Waals surface area contributed by atoms with E-state index in [0.29, 0.717) is 50.2 Å². The van der Waals surface area contributed by atoms with Gasteiger partial charge < -0.3 is 14.5 Å². The molecule has 2 aromatic carbocycles. The first kappa shape index (κ1) is 16.1. The number of methoxy groups -OCH3 is 2. The van der Waals surface area contributed by atoms with Gasteiger partial charge in [0.2, 0.25) is 0 Å². The van der Waals surface area contributed by atoms with Gasteiger partial charge in [0.15, 0.2) is 17.1 Å². The molecule has 0 aliphatic rings. The summed E-state index contributed by atoms with van der Waals surface area (Å²) in [7, 11) is 3.03. The molecule has 3 heterocycles. The number of aromatic amines is 1. The first-order chi connectivity index (χ1) is 13.7. The Morgan fingerprint density at radius 2 is 1.75 bits per heavy atom. The fraction of sp³-hybridized carbons (Fsp3) is 0.100. The van der Waals surface area contributed by atoms with Crippen LogP contribution in [-0.4, -0.2) is 33.6 Å². The SMILES string of the molecule is COc1cc2c(=O)[nH]c3c(C#N)c4nc5ccccc5nc4n3c2cc1OC. The number of hydrogen-bond donors (Lipinski definition) is 1. The highest BCUT2D eigenvalue weighted by atomic mass is 16.5. The van der Waals surface area contributed by atoms with E-state index in [1.54, 1.807) is 16.5 Å². The lowest BCUT2D eigenvalue weighted by Crippen LogP contribution is -2.10. The van der Waals surface area contributed by atoms with Crippen molar-refractivity contribution in [3.8, 4) is 17.6 Å². The zero-order valence-corrected chi connectivity index (χ0v) is 15.0. The van der Waals surface area contributed by atoms with Crippen molar-refractivity contribution in [2.45, 2.75) is 0 Å². The molecule has 0 saturated carbocycles. The Labute approximate surface area is 157 Å². The fourth-order valence-electron chi connectivity index (χ4n) is 3.51. The monoisotopic (exact) mass is 371 g/mol. The molecule has 28 heavy (non-hydrogen) atoms. The van der Waals surface area contributed by atoms with Crippen molar-refractivity contribution in [2.24, 2.45) is 0 Å². The van der Waals surface area contributed by atoms with Crippen molar-refractivity contribution in [2.75, 3.05) is 14.2 Å². The van der Waals surface area contributed by atoms with Gasteiger partial charge in [-0.15, -0.1) is 0 Å². The Hall–Kier alpha value is -4.12. The average molecular weight is 371 g/mol. The van der Waals surface area contributed by atoms with Gasteiger partial charge in [0.05, 0.1) is 36.2 Å². The second-order valence-corrected chi connectivity index (χ2v) is 6.23. The van der Waals surface area contributed by atoms with E-state index in [-0.39, 0.29) is 11.1 Å². The molecule has 0 radical (unpaired) electrons. The summed E-state index contributed by atoms with van der Waals surface area (Å²) in [5.41, 5.74) is 3.10. The van der Waals surface area contributed by atoms with E-state index in [0.717, 1.165) is 0 Å². The first-order valence-corrected chi connectivity index (χ1v) is 8.45. The number of aromatic nitrogens is 4. The fourth-order valence-corrected chi connectivity index (χ4v) is 3.51. The number of nitriles is 1. The second kappa shape index (κ2) is 5.69. The number of hydrogen-bond acceptors (Lipinski definition) is 6. The third-order valence-electron chi connectivity index (χ3n) is 4.79. The number of rotatable bonds is 2. The smallest absolute Gasteiger partial charge is 0.259 e. The molecule has 0 aliphatic heterocycles. The van der Waals surface area contributed by atoms with Gasteiger partial charge in [-0.2, -0.15) is 5.26 Å². The van der Waals surface area contributed by atoms with Crippen LogP contribution in [0.15, 0.2) is 41.2 Å². The highest BCUT2D eigenvalue weighted by molar-refractivity contribution is 5.98. The number of ether oxygens (including phenoxy) is 2. The van der Waals surface area contributed by atoms with Crippen LogP contribution < -0.4 is 15.0 Å². The summed E-state index contributed by atoms with van der Waals surface area (Å²) >= 11 is 0. The number of benzene rings is 2. The number of nitrogens with one attached hydrogen (secondary N) is 1. The van der Waals surface area contributed by atoms with Gasteiger partial charge in [0.25, 0.3) is 5.56 Å². The Morgan fingerprint density at radius 1 is 1.07 bits per heavy atom. The molecule has 0 spiro atoms. The van der Waals surface area contributed by atoms with E-state index < -0.39 is 0 Å². The largest absolute Gasteiger partial charge is 0.493 e. The molecule has 1 N–H and O–H groups in total. The quantitative estimate of drug-likeness (QED) is 0.511. The topological polar surface area (TPSA) is 105 Å². The van der Waals surface area contributed by atoms with Crippen molar-refractivity contribution in [1.82, 2.24) is 19.4 Å². The number of para-hydroxylation sites is 2. The van der Waals surface area contributed by atoms with Crippen molar-refractivity contribution >= 4 is 38.7 Å². The van der Waals surface area contributed by atoms with Gasteiger partial charge in [-0.25, -0.2) is 9.97 Å². The van der Waals surface area contributed by atoms with Gasteiger partial charge in [-0.05, 0) is 18.2 Å². The lowest BCUT2D eigenvalue weighted by Gasteiger charge is -2.10. The van der Waals surface area contributed by atoms with Crippen LogP contribution in [0.1, 0.15) is 5.56 Å². The number of nitrogens with zero attached hydrogens (tertiary/aromatic N) is 4. The van der Waals surface area contributed by atoms with Crippen molar-refractivity contribution in [3.05, 3.63) is 52.3 Å². The highest BCUT2D eigenvalue weighted by Crippen LogP contribution is 2.33. The van der Waals surface area contributed by atoms with Gasteiger partial charge >= 0.3 is 0 Å². The molecule has 3 aromatic heterocycles. The summed E-state index contributed by atoms with van der Waals surface area (Å²) in [6, 6.07) is 12.9. The van der Waals surface area contributed by atoms with Crippen LogP contribution in [0.5, 0.6) is 11.5 Å². The predicted molar refractivity (Wildman–Crippen MR) is 104 cm³/mol. The summed E-state index contributed by atoms with van der Waals surface area (Å²) in [5.74, 6) is 0.907. The summed E-state index contributed by atoms with van der Waals surface area (Å²) in [5, 5.41) is 10.1. The maximum absolute atomic E-state index is 12.7. The Kier molecular flexibility index (Phi) is 3.27. The van der Waals surface area contributed by atoms with Gasteiger partial charge in [0, 0.05) is 6.07 Å². The zero-order valence-electron chi connectivity index (χ0n) is 15.0. The second-order valence-electron chi connectivity index (χ2n) is 6.23. The predicted octanol–water partition coefficient (Wildman–Crippen LogP) is 2.77. The van der Waals surface area contributed by atoms with Gasteiger partial charge in [0.1, 0.15) is 22.8 Å². The maximum atomic E-state index is 12.7. The Balaban J connectivity index is 2.09. The third kappa shape index (κ3) is 2.01. The van der Waals surface area contributed by atoms with E-state index in [4.69, 9.17) is 14.5 Å². The molecule has 0 unspecified atom stereocenters. The molecule has 8 nitrogen and oxygen atoms in total. The lowest BCUT2D eigenvalue weighted by atomic mass is 10.2. The molecular formula is C20H13N5O3. The Morgan fingerprint density at radius 3 is 2.43 bits per heavy atom. The minimum atomic E-state index is -0.340. The highest BCUT2D eigenvalue weighted by Gasteiger charge is 2.20. The van der Waals surface area contributed by atoms with Crippen molar-refractivity contribution < 1.29 is 9.47 Å². The molecule has 0 saturated heterocycles. The standard InChI is InChI=1S/C20H13N5O3/c1-27-15-7-10-14(8-16(15)28-2)25-18(24-20(10)26)11(9-21)17-19(25)23-13-6-4-3-5-12(13)22-17/h3-8H,1-2H3,(H,24,26). The number of fused-ring (bicyclic) bond motifs is 6. The van der Waals surface area contributed by atoms with Gasteiger partial charge in [-0.1, -0.05) is 12.1 Å². The average Bonchev–Trinajstić information content (AvgIpc) is 3.03. The molecule has 5 rings (SSSR count). The van der Waals surface area contributed by atoms with Crippen LogP contribution in [0.2, 0.25) is 0 Å². The van der Waals surface area contributed by atoms with Crippen LogP contribution in [0.3, 0.4) is 0 Å². The van der Waals surface area contributed by atoms with Crippen molar-refractivity contribution in [3.63, 3.8) is 0 Å². The van der Waals surface area contributed by atoms with Crippen LogP contribution in [-0.2, 0) is 0 Å². The third-order valence-corrected chi connectivity index (χ3v) is 4.79. The van der Waals surface area contributed by atoms with Crippen molar-refractivity contribution in [1.29, 1.82) is 5.26 Å². The van der Waals surface area contributed by atoms with E-state index in [1.807, 2.05) is 24.3 Å². The summed E-state index contributed by atoms with van der Waals surface area (Å²) in [4.78, 5) is 24.8. The van der Waals surface area contributed by atoms with E-state index >= 15 is 0 Å². The minimum Gasteiger partial charge on any atom is -0.493 e. The van der Waals surface area contributed by atoms with Crippen LogP contribution in [0.25, 0.3) is 38.7 Å². The van der Waals surface area contributed by atoms with Crippen LogP contribution >= 0.6 is 0 Å². The molecule has 8 heteroatoms. The summed E-state index contributed by atoms with van der Waals surface area (Å²) in [6.45, 7) is 0. The Bertz CT molecular complexity index is 1520. The normalized spacial score (nSPS) is 11.3. The van der Waals surface area contributed by atoms with Crippen LogP contribution in [0.4, 0.5) is 0 Å². The molecule has 0 fully saturated rings. The molecule has 136 valence electrons. The van der Waals surface area contributed by atoms with Gasteiger partial charge in [-0.3, -0.25) is 9.20 Å². The lowest BCUT2D eigenvalue weighted by molar-refractivity contribution is 0.355. The molecule has 5 aromatic rings. The molecule has 0 bridgehead atoms. The maximum Gasteiger partial charge on any atom is 0.259 e. The molecule has 0 atom stereocenters. The van der Waals surface area contributed by atoms with E-state index in [2.05, 4.69) is 16.0 Å². The van der Waals surface area contributed by atoms with E-state index in [1.165, 1.54) is 14.2 Å². The molecule has 0 amide bonds. The zero-order chi connectivity index (χ0) is 19.4.